The molecule has 21 heavy (non-hydrogen) atoms. The van der Waals surface area contributed by atoms with Crippen molar-refractivity contribution in [3.63, 3.8) is 0 Å². The third-order valence-electron chi connectivity index (χ3n) is 3.18. The molecule has 3 heteroatoms. The number of ether oxygens (including phenoxy) is 1. The molecule has 0 aromatic heterocycles. The molecule has 3 nitrogen and oxygen atoms in total. The monoisotopic (exact) mass is 277 g/mol. The van der Waals surface area contributed by atoms with Crippen molar-refractivity contribution in [1.82, 2.24) is 0 Å². The number of para-hydroxylation sites is 1. The third kappa shape index (κ3) is 3.20. The number of rotatable bonds is 4. The van der Waals surface area contributed by atoms with E-state index in [1.807, 2.05) is 72.8 Å². The largest absolute Gasteiger partial charge is 0.484 e. The summed E-state index contributed by atoms with van der Waals surface area (Å²) < 4.78 is 5.44. The smallest absolute Gasteiger partial charge is 0.262 e. The van der Waals surface area contributed by atoms with Gasteiger partial charge in [-0.2, -0.15) is 0 Å². The first-order chi connectivity index (χ1) is 10.3. The van der Waals surface area contributed by atoms with E-state index < -0.39 is 0 Å². The lowest BCUT2D eigenvalue weighted by molar-refractivity contribution is -0.118. The number of carbonyl (C=O) groups is 1. The van der Waals surface area contributed by atoms with Crippen LogP contribution in [0.4, 0.5) is 5.69 Å². The summed E-state index contributed by atoms with van der Waals surface area (Å²) in [5, 5.41) is 5.01. The van der Waals surface area contributed by atoms with E-state index in [9.17, 15) is 4.79 Å². The maximum Gasteiger partial charge on any atom is 0.262 e. The van der Waals surface area contributed by atoms with Crippen molar-refractivity contribution in [2.75, 3.05) is 11.9 Å². The molecule has 3 aromatic carbocycles. The number of benzene rings is 3. The van der Waals surface area contributed by atoms with Gasteiger partial charge in [-0.05, 0) is 23.6 Å². The van der Waals surface area contributed by atoms with Crippen LogP contribution in [-0.4, -0.2) is 12.5 Å². The van der Waals surface area contributed by atoms with Crippen LogP contribution in [0.3, 0.4) is 0 Å². The van der Waals surface area contributed by atoms with Crippen LogP contribution in [0.1, 0.15) is 0 Å². The molecule has 0 atom stereocenters. The summed E-state index contributed by atoms with van der Waals surface area (Å²) in [6, 6.07) is 23.1. The van der Waals surface area contributed by atoms with Crippen molar-refractivity contribution in [2.45, 2.75) is 0 Å². The Hall–Kier alpha value is -2.81. The van der Waals surface area contributed by atoms with Crippen LogP contribution in [0.2, 0.25) is 0 Å². The summed E-state index contributed by atoms with van der Waals surface area (Å²) in [6.07, 6.45) is 0. The van der Waals surface area contributed by atoms with E-state index in [0.29, 0.717) is 5.75 Å². The van der Waals surface area contributed by atoms with Crippen LogP contribution >= 0.6 is 0 Å². The number of hydrogen-bond acceptors (Lipinski definition) is 2. The fourth-order valence-corrected chi connectivity index (χ4v) is 2.19. The van der Waals surface area contributed by atoms with Gasteiger partial charge >= 0.3 is 0 Å². The predicted octanol–water partition coefficient (Wildman–Crippen LogP) is 3.86. The van der Waals surface area contributed by atoms with Gasteiger partial charge in [0.15, 0.2) is 6.61 Å². The molecule has 0 spiro atoms. The van der Waals surface area contributed by atoms with Gasteiger partial charge in [0.25, 0.3) is 5.91 Å². The number of hydrogen-bond donors (Lipinski definition) is 1. The van der Waals surface area contributed by atoms with Gasteiger partial charge in [-0.25, -0.2) is 0 Å². The lowest BCUT2D eigenvalue weighted by Gasteiger charge is -2.09. The summed E-state index contributed by atoms with van der Waals surface area (Å²) in [5.41, 5.74) is 0.801. The first-order valence-electron chi connectivity index (χ1n) is 6.78. The van der Waals surface area contributed by atoms with Gasteiger partial charge in [0, 0.05) is 11.1 Å². The fraction of sp³-hybridized carbons (Fsp3) is 0.0556. The number of carbonyl (C=O) groups excluding carboxylic acids is 1. The topological polar surface area (TPSA) is 38.3 Å². The lowest BCUT2D eigenvalue weighted by atomic mass is 10.1. The Morgan fingerprint density at radius 3 is 2.43 bits per heavy atom. The number of anilines is 1. The van der Waals surface area contributed by atoms with Crippen molar-refractivity contribution < 1.29 is 9.53 Å². The van der Waals surface area contributed by atoms with Crippen LogP contribution < -0.4 is 10.1 Å². The van der Waals surface area contributed by atoms with E-state index in [0.717, 1.165) is 16.5 Å². The van der Waals surface area contributed by atoms with Crippen molar-refractivity contribution in [3.8, 4) is 5.75 Å². The van der Waals surface area contributed by atoms with Crippen molar-refractivity contribution in [1.29, 1.82) is 0 Å². The Bertz CT molecular complexity index is 748. The van der Waals surface area contributed by atoms with E-state index in [1.54, 1.807) is 0 Å². The van der Waals surface area contributed by atoms with Gasteiger partial charge in [0.1, 0.15) is 5.75 Å². The molecular weight excluding hydrogens is 262 g/mol. The standard InChI is InChI=1S/C18H15NO2/c20-18(13-21-15-9-2-1-3-10-15)19-17-12-6-8-14-7-4-5-11-16(14)17/h1-12H,13H2,(H,19,20). The van der Waals surface area contributed by atoms with Crippen molar-refractivity contribution in [2.24, 2.45) is 0 Å². The first kappa shape index (κ1) is 13.2. The number of amides is 1. The molecule has 1 N–H and O–H groups in total. The Kier molecular flexibility index (Phi) is 3.83. The quantitative estimate of drug-likeness (QED) is 0.786. The van der Waals surface area contributed by atoms with Gasteiger partial charge in [-0.15, -0.1) is 0 Å². The van der Waals surface area contributed by atoms with Crippen molar-refractivity contribution in [3.05, 3.63) is 72.8 Å². The number of fused-ring (bicyclic) bond motifs is 1. The molecule has 0 unspecified atom stereocenters. The second-order valence-corrected chi connectivity index (χ2v) is 4.68. The summed E-state index contributed by atoms with van der Waals surface area (Å²) in [4.78, 5) is 12.0. The molecule has 104 valence electrons. The van der Waals surface area contributed by atoms with Crippen LogP contribution in [0, 0.1) is 0 Å². The Balaban J connectivity index is 1.69. The second kappa shape index (κ2) is 6.09. The lowest BCUT2D eigenvalue weighted by Crippen LogP contribution is -2.20. The zero-order valence-corrected chi connectivity index (χ0v) is 11.5. The molecule has 0 saturated carbocycles. The van der Waals surface area contributed by atoms with Gasteiger partial charge in [-0.1, -0.05) is 54.6 Å². The average Bonchev–Trinajstić information content (AvgIpc) is 2.54. The molecule has 3 aromatic rings. The molecule has 0 heterocycles. The third-order valence-corrected chi connectivity index (χ3v) is 3.18. The highest BCUT2D eigenvalue weighted by Gasteiger charge is 2.06. The minimum Gasteiger partial charge on any atom is -0.484 e. The summed E-state index contributed by atoms with van der Waals surface area (Å²) in [6.45, 7) is -0.00671. The maximum absolute atomic E-state index is 12.0. The molecule has 0 radical (unpaired) electrons. The van der Waals surface area contributed by atoms with E-state index in [1.165, 1.54) is 0 Å². The highest BCUT2D eigenvalue weighted by Crippen LogP contribution is 2.22. The molecule has 0 fully saturated rings. The van der Waals surface area contributed by atoms with Crippen LogP contribution in [0.15, 0.2) is 72.8 Å². The Morgan fingerprint density at radius 1 is 0.857 bits per heavy atom. The zero-order valence-electron chi connectivity index (χ0n) is 11.5. The van der Waals surface area contributed by atoms with Gasteiger partial charge in [0.05, 0.1) is 0 Å². The predicted molar refractivity (Wildman–Crippen MR) is 84.5 cm³/mol. The van der Waals surface area contributed by atoms with E-state index >= 15 is 0 Å². The van der Waals surface area contributed by atoms with E-state index in [-0.39, 0.29) is 12.5 Å². The second-order valence-electron chi connectivity index (χ2n) is 4.68. The highest BCUT2D eigenvalue weighted by atomic mass is 16.5. The zero-order chi connectivity index (χ0) is 14.5. The van der Waals surface area contributed by atoms with Gasteiger partial charge < -0.3 is 10.1 Å². The summed E-state index contributed by atoms with van der Waals surface area (Å²) >= 11 is 0. The maximum atomic E-state index is 12.0. The average molecular weight is 277 g/mol. The van der Waals surface area contributed by atoms with Gasteiger partial charge in [0.2, 0.25) is 0 Å². The summed E-state index contributed by atoms with van der Waals surface area (Å²) in [7, 11) is 0. The molecule has 1 amide bonds. The Morgan fingerprint density at radius 2 is 1.57 bits per heavy atom. The number of nitrogens with one attached hydrogen (secondary N) is 1. The fourth-order valence-electron chi connectivity index (χ4n) is 2.19. The van der Waals surface area contributed by atoms with E-state index in [2.05, 4.69) is 5.32 Å². The first-order valence-corrected chi connectivity index (χ1v) is 6.78. The van der Waals surface area contributed by atoms with Crippen LogP contribution in [-0.2, 0) is 4.79 Å². The molecular formula is C18H15NO2. The highest BCUT2D eigenvalue weighted by molar-refractivity contribution is 6.02. The SMILES string of the molecule is O=C(COc1ccccc1)Nc1cccc2ccccc12. The van der Waals surface area contributed by atoms with Crippen molar-refractivity contribution >= 4 is 22.4 Å². The van der Waals surface area contributed by atoms with E-state index in [4.69, 9.17) is 4.74 Å². The molecule has 0 saturated heterocycles. The molecule has 3 rings (SSSR count). The summed E-state index contributed by atoms with van der Waals surface area (Å²) in [5.74, 6) is 0.515. The molecule has 0 aliphatic rings. The minimum atomic E-state index is -0.171. The van der Waals surface area contributed by atoms with Crippen LogP contribution in [0.25, 0.3) is 10.8 Å². The normalized spacial score (nSPS) is 10.3. The molecule has 0 bridgehead atoms. The minimum absolute atomic E-state index is 0.00671. The molecule has 0 aliphatic carbocycles. The van der Waals surface area contributed by atoms with Gasteiger partial charge in [-0.3, -0.25) is 4.79 Å². The Labute approximate surface area is 123 Å². The van der Waals surface area contributed by atoms with Crippen LogP contribution in [0.5, 0.6) is 5.75 Å². The molecule has 0 aliphatic heterocycles.